The molecule has 0 atom stereocenters. The van der Waals surface area contributed by atoms with Crippen molar-refractivity contribution in [3.63, 3.8) is 0 Å². The highest BCUT2D eigenvalue weighted by molar-refractivity contribution is 5.95. The van der Waals surface area contributed by atoms with Crippen molar-refractivity contribution in [2.45, 2.75) is 45.1 Å². The highest BCUT2D eigenvalue weighted by Gasteiger charge is 2.17. The fourth-order valence-electron chi connectivity index (χ4n) is 4.30. The van der Waals surface area contributed by atoms with E-state index in [0.717, 1.165) is 41.3 Å². The number of carbonyl (C=O) groups excluding carboxylic acids is 1. The Morgan fingerprint density at radius 2 is 1.75 bits per heavy atom. The van der Waals surface area contributed by atoms with Gasteiger partial charge in [-0.2, -0.15) is 0 Å². The first kappa shape index (κ1) is 20.2. The summed E-state index contributed by atoms with van der Waals surface area (Å²) in [5.74, 6) is 0.871. The first-order valence-corrected chi connectivity index (χ1v) is 11.2. The molecule has 2 aromatic heterocycles. The Morgan fingerprint density at radius 1 is 1.00 bits per heavy atom. The van der Waals surface area contributed by atoms with Crippen molar-refractivity contribution in [3.05, 3.63) is 78.2 Å². The summed E-state index contributed by atoms with van der Waals surface area (Å²) in [6.45, 7) is 2.07. The number of aromatic nitrogens is 3. The van der Waals surface area contributed by atoms with Crippen LogP contribution >= 0.6 is 0 Å². The second-order valence-corrected chi connectivity index (χ2v) is 8.49. The van der Waals surface area contributed by atoms with Crippen LogP contribution < -0.4 is 10.6 Å². The van der Waals surface area contributed by atoms with Crippen molar-refractivity contribution in [3.8, 4) is 11.3 Å². The molecule has 6 heteroatoms. The molecule has 2 N–H and O–H groups in total. The molecule has 0 radical (unpaired) electrons. The van der Waals surface area contributed by atoms with E-state index in [1.54, 1.807) is 12.4 Å². The molecular weight excluding hydrogens is 398 g/mol. The summed E-state index contributed by atoms with van der Waals surface area (Å²) in [6, 6.07) is 16.3. The molecule has 2 aromatic carbocycles. The van der Waals surface area contributed by atoms with Gasteiger partial charge in [0.15, 0.2) is 5.65 Å². The number of carbonyl (C=O) groups is 1. The molecular formula is C26H27N5O. The number of benzene rings is 2. The fraction of sp³-hybridized carbons (Fsp3) is 0.269. The van der Waals surface area contributed by atoms with Crippen molar-refractivity contribution in [1.29, 1.82) is 0 Å². The van der Waals surface area contributed by atoms with Gasteiger partial charge in [-0.05, 0) is 44.0 Å². The van der Waals surface area contributed by atoms with Gasteiger partial charge in [-0.1, -0.05) is 49.1 Å². The Morgan fingerprint density at radius 3 is 2.50 bits per heavy atom. The topological polar surface area (TPSA) is 71.3 Å². The quantitative estimate of drug-likeness (QED) is 0.442. The van der Waals surface area contributed by atoms with Crippen molar-refractivity contribution >= 4 is 23.1 Å². The van der Waals surface area contributed by atoms with E-state index in [2.05, 4.69) is 46.8 Å². The molecule has 1 amide bonds. The number of nitrogens with zero attached hydrogens (tertiary/aromatic N) is 3. The van der Waals surface area contributed by atoms with E-state index in [4.69, 9.17) is 4.98 Å². The van der Waals surface area contributed by atoms with Gasteiger partial charge in [0.25, 0.3) is 5.91 Å². The molecule has 0 saturated heterocycles. The van der Waals surface area contributed by atoms with Crippen LogP contribution in [0.1, 0.15) is 48.0 Å². The van der Waals surface area contributed by atoms with Crippen LogP contribution in [0, 0.1) is 6.92 Å². The molecule has 1 saturated carbocycles. The number of hydrogen-bond donors (Lipinski definition) is 2. The van der Waals surface area contributed by atoms with Gasteiger partial charge < -0.3 is 10.6 Å². The van der Waals surface area contributed by atoms with E-state index >= 15 is 0 Å². The Labute approximate surface area is 187 Å². The van der Waals surface area contributed by atoms with Crippen LogP contribution in [0.25, 0.3) is 16.9 Å². The van der Waals surface area contributed by atoms with E-state index in [1.165, 1.54) is 24.8 Å². The third kappa shape index (κ3) is 4.21. The smallest absolute Gasteiger partial charge is 0.251 e. The van der Waals surface area contributed by atoms with Crippen LogP contribution in [0.5, 0.6) is 0 Å². The Balaban J connectivity index is 1.40. The van der Waals surface area contributed by atoms with E-state index in [9.17, 15) is 4.79 Å². The maximum atomic E-state index is 12.6. The number of amides is 1. The normalized spacial score (nSPS) is 14.4. The van der Waals surface area contributed by atoms with Crippen molar-refractivity contribution in [2.24, 2.45) is 0 Å². The zero-order chi connectivity index (χ0) is 21.9. The summed E-state index contributed by atoms with van der Waals surface area (Å²) in [4.78, 5) is 21.6. The predicted octanol–water partition coefficient (Wildman–Crippen LogP) is 5.51. The van der Waals surface area contributed by atoms with Gasteiger partial charge in [0.1, 0.15) is 11.5 Å². The molecule has 4 aromatic rings. The number of imidazole rings is 1. The van der Waals surface area contributed by atoms with Crippen LogP contribution in [0.2, 0.25) is 0 Å². The summed E-state index contributed by atoms with van der Waals surface area (Å²) >= 11 is 0. The fourth-order valence-corrected chi connectivity index (χ4v) is 4.30. The molecule has 0 bridgehead atoms. The molecule has 1 aliphatic rings. The third-order valence-corrected chi connectivity index (χ3v) is 6.11. The van der Waals surface area contributed by atoms with E-state index < -0.39 is 0 Å². The molecule has 0 spiro atoms. The van der Waals surface area contributed by atoms with Gasteiger partial charge in [0.2, 0.25) is 0 Å². The first-order chi connectivity index (χ1) is 15.7. The summed E-state index contributed by atoms with van der Waals surface area (Å²) in [7, 11) is 0. The van der Waals surface area contributed by atoms with Crippen molar-refractivity contribution in [1.82, 2.24) is 19.7 Å². The molecule has 6 nitrogen and oxygen atoms in total. The molecule has 0 unspecified atom stereocenters. The average Bonchev–Trinajstić information content (AvgIpc) is 3.19. The summed E-state index contributed by atoms with van der Waals surface area (Å²) in [6.07, 6.45) is 11.2. The summed E-state index contributed by atoms with van der Waals surface area (Å²) < 4.78 is 1.99. The Bertz CT molecular complexity index is 1220. The minimum atomic E-state index is 0.00433. The zero-order valence-corrected chi connectivity index (χ0v) is 18.2. The average molecular weight is 426 g/mol. The second kappa shape index (κ2) is 8.83. The lowest BCUT2D eigenvalue weighted by Gasteiger charge is -2.22. The summed E-state index contributed by atoms with van der Waals surface area (Å²) in [5, 5.41) is 6.68. The van der Waals surface area contributed by atoms with Gasteiger partial charge in [0.05, 0.1) is 6.20 Å². The number of anilines is 2. The minimum absolute atomic E-state index is 0.00433. The Kier molecular flexibility index (Phi) is 5.58. The third-order valence-electron chi connectivity index (χ3n) is 6.11. The van der Waals surface area contributed by atoms with Gasteiger partial charge in [0, 0.05) is 35.2 Å². The maximum Gasteiger partial charge on any atom is 0.251 e. The zero-order valence-electron chi connectivity index (χ0n) is 18.2. The summed E-state index contributed by atoms with van der Waals surface area (Å²) in [5.41, 5.74) is 5.45. The van der Waals surface area contributed by atoms with Crippen LogP contribution in [0.15, 0.2) is 67.1 Å². The van der Waals surface area contributed by atoms with Crippen LogP contribution in [-0.2, 0) is 0 Å². The number of rotatable bonds is 5. The minimum Gasteiger partial charge on any atom is -0.349 e. The first-order valence-electron chi connectivity index (χ1n) is 11.2. The molecule has 1 fully saturated rings. The number of nitrogens with one attached hydrogen (secondary N) is 2. The van der Waals surface area contributed by atoms with Crippen LogP contribution in [-0.4, -0.2) is 26.3 Å². The van der Waals surface area contributed by atoms with Crippen LogP contribution in [0.3, 0.4) is 0 Å². The highest BCUT2D eigenvalue weighted by Crippen LogP contribution is 2.31. The monoisotopic (exact) mass is 425 g/mol. The molecule has 0 aliphatic heterocycles. The largest absolute Gasteiger partial charge is 0.349 e. The number of fused-ring (bicyclic) bond motifs is 1. The highest BCUT2D eigenvalue weighted by atomic mass is 16.1. The van der Waals surface area contributed by atoms with Gasteiger partial charge >= 0.3 is 0 Å². The van der Waals surface area contributed by atoms with E-state index in [0.29, 0.717) is 11.6 Å². The predicted molar refractivity (Wildman–Crippen MR) is 127 cm³/mol. The Hall–Kier alpha value is -3.67. The SMILES string of the molecule is Cc1ccc(-c2nc3cnccn3c2Nc2ccc(C(=O)NC3CCCCC3)cc2)cc1. The second-order valence-electron chi connectivity index (χ2n) is 8.49. The maximum absolute atomic E-state index is 12.6. The van der Waals surface area contributed by atoms with Gasteiger partial charge in [-0.15, -0.1) is 0 Å². The molecule has 1 aliphatic carbocycles. The lowest BCUT2D eigenvalue weighted by atomic mass is 9.95. The van der Waals surface area contributed by atoms with Gasteiger partial charge in [-0.25, -0.2) is 4.98 Å². The molecule has 162 valence electrons. The van der Waals surface area contributed by atoms with E-state index in [-0.39, 0.29) is 5.91 Å². The lowest BCUT2D eigenvalue weighted by Crippen LogP contribution is -2.36. The molecule has 5 rings (SSSR count). The van der Waals surface area contributed by atoms with Gasteiger partial charge in [-0.3, -0.25) is 14.2 Å². The number of aryl methyl sites for hydroxylation is 1. The van der Waals surface area contributed by atoms with Crippen molar-refractivity contribution < 1.29 is 4.79 Å². The van der Waals surface area contributed by atoms with E-state index in [1.807, 2.05) is 34.9 Å². The molecule has 32 heavy (non-hydrogen) atoms. The number of hydrogen-bond acceptors (Lipinski definition) is 4. The molecule has 2 heterocycles. The lowest BCUT2D eigenvalue weighted by molar-refractivity contribution is 0.0927. The van der Waals surface area contributed by atoms with Crippen molar-refractivity contribution in [2.75, 3.05) is 5.32 Å². The standard InChI is InChI=1S/C26H27N5O/c1-18-7-9-19(10-8-18)24-25(31-16-15-27-17-23(31)30-24)28-22-13-11-20(12-14-22)26(32)29-21-5-3-2-4-6-21/h7-17,21,28H,2-6H2,1H3,(H,29,32). The van der Waals surface area contributed by atoms with Crippen LogP contribution in [0.4, 0.5) is 11.5 Å².